The smallest absolute Gasteiger partial charge is 0.335 e. The topological polar surface area (TPSA) is 163 Å². The fourth-order valence-corrected chi connectivity index (χ4v) is 7.24. The first-order valence-electron chi connectivity index (χ1n) is 20.0. The van der Waals surface area contributed by atoms with E-state index in [0.717, 1.165) is 27.8 Å². The molecule has 0 spiro atoms. The lowest BCUT2D eigenvalue weighted by atomic mass is 9.93. The van der Waals surface area contributed by atoms with Gasteiger partial charge in [-0.25, -0.2) is 4.79 Å². The molecule has 8 rings (SSSR count). The van der Waals surface area contributed by atoms with E-state index in [2.05, 4.69) is 0 Å². The van der Waals surface area contributed by atoms with Crippen molar-refractivity contribution in [3.05, 3.63) is 185 Å². The Bertz CT molecular complexity index is 2350. The molecule has 314 valence electrons. The normalized spacial score (nSPS) is 22.0. The van der Waals surface area contributed by atoms with Crippen LogP contribution in [0.15, 0.2) is 152 Å². The number of ether oxygens (including phenoxy) is 7. The molecule has 1 saturated heterocycles. The van der Waals surface area contributed by atoms with E-state index in [9.17, 15) is 25.2 Å². The maximum absolute atomic E-state index is 12.0. The van der Waals surface area contributed by atoms with Crippen molar-refractivity contribution in [1.82, 2.24) is 0 Å². The molecule has 0 radical (unpaired) electrons. The van der Waals surface area contributed by atoms with E-state index in [-0.39, 0.29) is 25.4 Å². The van der Waals surface area contributed by atoms with Gasteiger partial charge in [-0.1, -0.05) is 127 Å². The van der Waals surface area contributed by atoms with Crippen LogP contribution in [-0.4, -0.2) is 63.2 Å². The first kappa shape index (κ1) is 41.3. The Balaban J connectivity index is 1.16. The summed E-state index contributed by atoms with van der Waals surface area (Å²) in [5.41, 5.74) is 5.09. The molecule has 12 nitrogen and oxygen atoms in total. The van der Waals surface area contributed by atoms with Crippen molar-refractivity contribution in [3.63, 3.8) is 0 Å². The van der Waals surface area contributed by atoms with E-state index in [1.54, 1.807) is 12.1 Å². The third kappa shape index (κ3) is 10.1. The van der Waals surface area contributed by atoms with Crippen LogP contribution in [0.4, 0.5) is 0 Å². The minimum absolute atomic E-state index is 0.139. The quantitative estimate of drug-likeness (QED) is 0.0796. The van der Waals surface area contributed by atoms with Crippen molar-refractivity contribution in [2.24, 2.45) is 0 Å². The van der Waals surface area contributed by atoms with Gasteiger partial charge in [-0.15, -0.1) is 0 Å². The van der Waals surface area contributed by atoms with Gasteiger partial charge >= 0.3 is 5.97 Å². The predicted molar refractivity (Wildman–Crippen MR) is 222 cm³/mol. The summed E-state index contributed by atoms with van der Waals surface area (Å²) in [6.45, 7) is 1.07. The monoisotopic (exact) mass is 826 g/mol. The van der Waals surface area contributed by atoms with E-state index in [4.69, 9.17) is 33.2 Å². The van der Waals surface area contributed by atoms with Gasteiger partial charge in [0.2, 0.25) is 6.29 Å². The summed E-state index contributed by atoms with van der Waals surface area (Å²) in [4.78, 5) is 12.0. The molecule has 0 aromatic heterocycles. The molecule has 6 aromatic rings. The number of benzene rings is 6. The van der Waals surface area contributed by atoms with Crippen LogP contribution in [0.25, 0.3) is 0 Å². The standard InChI is InChI=1S/C49H46O12/c50-43-44(51)47(48(53)54)61-49(45(43)52)60-40-25-36(55-27-31-13-5-1-6-14-31)24-39-37(40)26-42(58-30-34-19-11-4-12-20-34)46(59-39)35-21-22-38(56-28-32-15-7-2-8-16-32)41(23-35)57-29-33-17-9-3-10-18-33/h1-25,42-47,49-52H,26-30H2,(H,53,54)/t42-,43+,44+,45-,46-,47+,49-/m1/s1. The molecule has 2 heterocycles. The van der Waals surface area contributed by atoms with Gasteiger partial charge < -0.3 is 53.6 Å². The van der Waals surface area contributed by atoms with Gasteiger partial charge in [-0.05, 0) is 39.9 Å². The lowest BCUT2D eigenvalue weighted by molar-refractivity contribution is -0.271. The molecular weight excluding hydrogens is 781 g/mol. The number of carbonyl (C=O) groups is 1. The number of fused-ring (bicyclic) bond motifs is 1. The zero-order chi connectivity index (χ0) is 42.1. The van der Waals surface area contributed by atoms with E-state index in [1.165, 1.54) is 0 Å². The highest BCUT2D eigenvalue weighted by atomic mass is 16.7. The first-order chi connectivity index (χ1) is 29.8. The van der Waals surface area contributed by atoms with Crippen LogP contribution in [-0.2, 0) is 47.1 Å². The lowest BCUT2D eigenvalue weighted by Crippen LogP contribution is -2.61. The van der Waals surface area contributed by atoms with Gasteiger partial charge in [-0.3, -0.25) is 0 Å². The molecule has 4 N–H and O–H groups in total. The van der Waals surface area contributed by atoms with Crippen LogP contribution < -0.4 is 23.7 Å². The largest absolute Gasteiger partial charge is 0.489 e. The van der Waals surface area contributed by atoms with Crippen molar-refractivity contribution >= 4 is 5.97 Å². The SMILES string of the molecule is O=C(O)[C@H]1O[C@@H](Oc2cc(OCc3ccccc3)cc3c2C[C@@H](OCc2ccccc2)[C@@H](c2ccc(OCc4ccccc4)c(OCc4ccccc4)c2)O3)[C@H](O)[C@@H](O)[C@@H]1O. The summed E-state index contributed by atoms with van der Waals surface area (Å²) in [5, 5.41) is 41.7. The predicted octanol–water partition coefficient (Wildman–Crippen LogP) is 6.96. The summed E-state index contributed by atoms with van der Waals surface area (Å²) in [6, 6.07) is 48.0. The molecule has 7 atom stereocenters. The molecule has 0 aliphatic carbocycles. The van der Waals surface area contributed by atoms with Crippen LogP contribution in [0.2, 0.25) is 0 Å². The zero-order valence-corrected chi connectivity index (χ0v) is 33.1. The molecule has 0 amide bonds. The van der Waals surface area contributed by atoms with Gasteiger partial charge in [0.25, 0.3) is 0 Å². The van der Waals surface area contributed by atoms with Crippen molar-refractivity contribution < 1.29 is 58.4 Å². The Morgan fingerprint density at radius 2 is 1.11 bits per heavy atom. The number of hydrogen-bond acceptors (Lipinski definition) is 11. The van der Waals surface area contributed by atoms with Gasteiger partial charge in [0.15, 0.2) is 23.7 Å². The van der Waals surface area contributed by atoms with E-state index in [0.29, 0.717) is 41.8 Å². The Kier molecular flexibility index (Phi) is 13.1. The minimum Gasteiger partial charge on any atom is -0.489 e. The molecule has 1 fully saturated rings. The third-order valence-corrected chi connectivity index (χ3v) is 10.5. The van der Waals surface area contributed by atoms with Crippen LogP contribution in [0, 0.1) is 0 Å². The molecule has 12 heteroatoms. The highest BCUT2D eigenvalue weighted by Gasteiger charge is 2.48. The number of aliphatic carboxylic acids is 1. The summed E-state index contributed by atoms with van der Waals surface area (Å²) >= 11 is 0. The molecule has 0 unspecified atom stereocenters. The Morgan fingerprint density at radius 3 is 1.69 bits per heavy atom. The van der Waals surface area contributed by atoms with E-state index in [1.807, 2.05) is 140 Å². The van der Waals surface area contributed by atoms with Crippen LogP contribution >= 0.6 is 0 Å². The Morgan fingerprint density at radius 1 is 0.574 bits per heavy atom. The van der Waals surface area contributed by atoms with E-state index >= 15 is 0 Å². The maximum atomic E-state index is 12.0. The number of aliphatic hydroxyl groups excluding tert-OH is 3. The summed E-state index contributed by atoms with van der Waals surface area (Å²) in [6.07, 6.45) is -10.2. The molecule has 6 aromatic carbocycles. The maximum Gasteiger partial charge on any atom is 0.335 e. The third-order valence-electron chi connectivity index (χ3n) is 10.5. The molecular formula is C49H46O12. The minimum atomic E-state index is -1.89. The van der Waals surface area contributed by atoms with Crippen molar-refractivity contribution in [2.45, 2.75) is 75.8 Å². The molecule has 61 heavy (non-hydrogen) atoms. The van der Waals surface area contributed by atoms with Crippen molar-refractivity contribution in [1.29, 1.82) is 0 Å². The van der Waals surface area contributed by atoms with Crippen molar-refractivity contribution in [2.75, 3.05) is 0 Å². The number of aliphatic hydroxyl groups is 3. The fraction of sp³-hybridized carbons (Fsp3) is 0.245. The second-order valence-corrected chi connectivity index (χ2v) is 14.9. The molecule has 2 aliphatic rings. The van der Waals surface area contributed by atoms with Gasteiger partial charge in [0, 0.05) is 24.1 Å². The number of carboxylic acids is 1. The number of rotatable bonds is 16. The molecule has 0 saturated carbocycles. The van der Waals surface area contributed by atoms with E-state index < -0.39 is 48.9 Å². The van der Waals surface area contributed by atoms with Crippen LogP contribution in [0.1, 0.15) is 39.5 Å². The summed E-state index contributed by atoms with van der Waals surface area (Å²) in [5.74, 6) is 0.388. The van der Waals surface area contributed by atoms with Crippen LogP contribution in [0.5, 0.6) is 28.7 Å². The molecule has 0 bridgehead atoms. The second kappa shape index (κ2) is 19.3. The average Bonchev–Trinajstić information content (AvgIpc) is 3.30. The van der Waals surface area contributed by atoms with Gasteiger partial charge in [0.1, 0.15) is 61.5 Å². The second-order valence-electron chi connectivity index (χ2n) is 14.9. The van der Waals surface area contributed by atoms with Crippen LogP contribution in [0.3, 0.4) is 0 Å². The first-order valence-corrected chi connectivity index (χ1v) is 20.0. The zero-order valence-electron chi connectivity index (χ0n) is 33.1. The summed E-state index contributed by atoms with van der Waals surface area (Å²) in [7, 11) is 0. The van der Waals surface area contributed by atoms with Gasteiger partial charge in [0.05, 0.1) is 6.61 Å². The number of hydrogen-bond donors (Lipinski definition) is 4. The fourth-order valence-electron chi connectivity index (χ4n) is 7.24. The molecule has 2 aliphatic heterocycles. The van der Waals surface area contributed by atoms with Crippen molar-refractivity contribution in [3.8, 4) is 28.7 Å². The van der Waals surface area contributed by atoms with Gasteiger partial charge in [-0.2, -0.15) is 0 Å². The highest BCUT2D eigenvalue weighted by molar-refractivity contribution is 5.73. The number of carboxylic acid groups (broad SMARTS) is 1. The summed E-state index contributed by atoms with van der Waals surface area (Å²) < 4.78 is 44.3. The average molecular weight is 827 g/mol. The Labute approximate surface area is 353 Å². The highest BCUT2D eigenvalue weighted by Crippen LogP contribution is 2.46. The lowest BCUT2D eigenvalue weighted by Gasteiger charge is -2.39. The Hall–Kier alpha value is -6.41.